The molecule has 0 aromatic heterocycles. The third-order valence-corrected chi connectivity index (χ3v) is 8.69. The molecule has 0 radical (unpaired) electrons. The molecule has 0 N–H and O–H groups in total. The predicted molar refractivity (Wildman–Crippen MR) is 61.5 cm³/mol. The molecule has 0 amide bonds. The van der Waals surface area contributed by atoms with Gasteiger partial charge in [0.25, 0.3) is 0 Å². The van der Waals surface area contributed by atoms with E-state index in [1.54, 1.807) is 0 Å². The van der Waals surface area contributed by atoms with Gasteiger partial charge in [0.15, 0.2) is 0 Å². The molecule has 11 heavy (non-hydrogen) atoms. The third-order valence-electron chi connectivity index (χ3n) is 1.76. The minimum Gasteiger partial charge on any atom is -0.134 e. The Morgan fingerprint density at radius 1 is 0.909 bits per heavy atom. The van der Waals surface area contributed by atoms with E-state index in [0.717, 1.165) is 0 Å². The van der Waals surface area contributed by atoms with Crippen molar-refractivity contribution in [2.45, 2.75) is 27.1 Å². The second-order valence-corrected chi connectivity index (χ2v) is 11.2. The summed E-state index contributed by atoms with van der Waals surface area (Å²) in [6.45, 7) is 4.72. The van der Waals surface area contributed by atoms with Crippen LogP contribution in [0.15, 0.2) is 0 Å². The minimum absolute atomic E-state index is 0.488. The summed E-state index contributed by atoms with van der Waals surface area (Å²) >= 11 is 8.55. The van der Waals surface area contributed by atoms with E-state index < -0.39 is 0 Å². The van der Waals surface area contributed by atoms with Gasteiger partial charge >= 0.3 is 0 Å². The van der Waals surface area contributed by atoms with Gasteiger partial charge in [0.05, 0.1) is 0 Å². The molecular weight excluding hydrogens is 212 g/mol. The monoisotopic (exact) mass is 224 g/mol. The summed E-state index contributed by atoms with van der Waals surface area (Å²) in [6.07, 6.45) is 1.39. The molecule has 0 saturated carbocycles. The van der Waals surface area contributed by atoms with Crippen LogP contribution in [0, 0.1) is 0 Å². The van der Waals surface area contributed by atoms with Gasteiger partial charge in [-0.25, -0.2) is 0 Å². The number of hydrogen-bond donors (Lipinski definition) is 0. The van der Waals surface area contributed by atoms with Crippen LogP contribution in [0.5, 0.6) is 0 Å². The molecule has 64 valence electrons. The van der Waals surface area contributed by atoms with Gasteiger partial charge in [-0.15, -0.1) is 47.0 Å². The zero-order chi connectivity index (χ0) is 7.95. The van der Waals surface area contributed by atoms with Crippen LogP contribution in [0.4, 0.5) is 0 Å². The van der Waals surface area contributed by atoms with Crippen molar-refractivity contribution < 1.29 is 0 Å². The van der Waals surface area contributed by atoms with E-state index in [1.165, 1.54) is 17.9 Å². The lowest BCUT2D eigenvalue weighted by Gasteiger charge is -2.51. The Morgan fingerprint density at radius 3 is 1.82 bits per heavy atom. The van der Waals surface area contributed by atoms with E-state index in [0.29, 0.717) is 6.82 Å². The number of thioether (sulfide) groups is 4. The summed E-state index contributed by atoms with van der Waals surface area (Å²) < 4.78 is 0.977. The van der Waals surface area contributed by atoms with Crippen LogP contribution in [-0.2, 0) is 0 Å². The largest absolute Gasteiger partial charge is 0.134 e. The summed E-state index contributed by atoms with van der Waals surface area (Å²) in [5.74, 6) is 2.69. The molecule has 0 aromatic rings. The van der Waals surface area contributed by atoms with Crippen LogP contribution in [0.3, 0.4) is 0 Å². The van der Waals surface area contributed by atoms with Crippen molar-refractivity contribution in [3.05, 3.63) is 0 Å². The molecule has 3 aliphatic rings. The van der Waals surface area contributed by atoms with Crippen molar-refractivity contribution >= 4 is 47.0 Å². The lowest BCUT2D eigenvalue weighted by atomic mass is 10.6. The molecule has 4 heteroatoms. The normalized spacial score (nSPS) is 50.7. The van der Waals surface area contributed by atoms with Crippen molar-refractivity contribution in [2.75, 3.05) is 11.5 Å². The van der Waals surface area contributed by atoms with Crippen LogP contribution in [0.2, 0.25) is 0 Å². The summed E-state index contributed by atoms with van der Waals surface area (Å²) in [6, 6.07) is 0. The van der Waals surface area contributed by atoms with Gasteiger partial charge in [-0.2, -0.15) is 0 Å². The van der Waals surface area contributed by atoms with Crippen molar-refractivity contribution in [2.24, 2.45) is 0 Å². The Bertz CT molecular complexity index is 146. The van der Waals surface area contributed by atoms with Crippen LogP contribution in [-0.4, -0.2) is 18.3 Å². The highest BCUT2D eigenvalue weighted by Gasteiger charge is 2.52. The molecule has 3 saturated heterocycles. The van der Waals surface area contributed by atoms with Gasteiger partial charge in [0.1, 0.15) is 6.82 Å². The second-order valence-electron chi connectivity index (χ2n) is 2.98. The lowest BCUT2D eigenvalue weighted by Crippen LogP contribution is -2.37. The molecule has 3 aliphatic heterocycles. The molecule has 0 unspecified atom stereocenters. The number of rotatable bonds is 0. The van der Waals surface area contributed by atoms with E-state index in [9.17, 15) is 0 Å². The zero-order valence-corrected chi connectivity index (χ0v) is 10.0. The molecule has 0 aliphatic carbocycles. The standard InChI is InChI=1S/C7H12S4/c1-6-8-4-3-5-9-7(2,10-6)11-6/h3-5H2,1-2H3. The Morgan fingerprint density at radius 2 is 1.36 bits per heavy atom. The van der Waals surface area contributed by atoms with Gasteiger partial charge < -0.3 is 0 Å². The SMILES string of the molecule is CC12SCCCSC(C)(S1)S2. The Labute approximate surface area is 85.4 Å². The number of hydrogen-bond acceptors (Lipinski definition) is 4. The summed E-state index contributed by atoms with van der Waals surface area (Å²) in [5, 5.41) is 0. The molecular formula is C7H12S4. The summed E-state index contributed by atoms with van der Waals surface area (Å²) in [5.41, 5.74) is 0. The highest BCUT2D eigenvalue weighted by Crippen LogP contribution is 2.73. The first-order chi connectivity index (χ1) is 5.12. The molecule has 0 aromatic carbocycles. The molecule has 3 rings (SSSR count). The first kappa shape index (κ1) is 8.97. The number of fused-ring (bicyclic) bond motifs is 4. The van der Waals surface area contributed by atoms with Gasteiger partial charge in [-0.05, 0) is 31.8 Å². The minimum atomic E-state index is 0.488. The van der Waals surface area contributed by atoms with Gasteiger partial charge in [-0.3, -0.25) is 0 Å². The van der Waals surface area contributed by atoms with Crippen molar-refractivity contribution in [1.82, 2.24) is 0 Å². The van der Waals surface area contributed by atoms with Crippen LogP contribution in [0.25, 0.3) is 0 Å². The summed E-state index contributed by atoms with van der Waals surface area (Å²) in [7, 11) is 0. The fourth-order valence-electron chi connectivity index (χ4n) is 1.37. The van der Waals surface area contributed by atoms with Crippen molar-refractivity contribution in [1.29, 1.82) is 0 Å². The average Bonchev–Trinajstić information content (AvgIpc) is 1.79. The highest BCUT2D eigenvalue weighted by atomic mass is 32.3. The van der Waals surface area contributed by atoms with Crippen molar-refractivity contribution in [3.63, 3.8) is 0 Å². The molecule has 0 spiro atoms. The second kappa shape index (κ2) is 2.96. The van der Waals surface area contributed by atoms with Crippen LogP contribution >= 0.6 is 47.0 Å². The van der Waals surface area contributed by atoms with E-state index >= 15 is 0 Å². The van der Waals surface area contributed by atoms with Gasteiger partial charge in [0, 0.05) is 0 Å². The van der Waals surface area contributed by atoms with E-state index in [-0.39, 0.29) is 0 Å². The van der Waals surface area contributed by atoms with Crippen LogP contribution in [0.1, 0.15) is 20.3 Å². The Kier molecular flexibility index (Phi) is 2.42. The maximum Gasteiger partial charge on any atom is 0.108 e. The lowest BCUT2D eigenvalue weighted by molar-refractivity contribution is 1.08. The van der Waals surface area contributed by atoms with Gasteiger partial charge in [-0.1, -0.05) is 0 Å². The van der Waals surface area contributed by atoms with E-state index in [1.807, 2.05) is 0 Å². The van der Waals surface area contributed by atoms with Crippen LogP contribution < -0.4 is 0 Å². The zero-order valence-electron chi connectivity index (χ0n) is 6.75. The molecule has 3 fully saturated rings. The predicted octanol–water partition coefficient (Wildman–Crippen LogP) is 3.68. The summed E-state index contributed by atoms with van der Waals surface area (Å²) in [4.78, 5) is 0. The smallest absolute Gasteiger partial charge is 0.108 e. The maximum atomic E-state index is 2.36. The fourth-order valence-corrected chi connectivity index (χ4v) is 10.9. The Hall–Kier alpha value is 1.40. The third kappa shape index (κ3) is 1.84. The fraction of sp³-hybridized carbons (Fsp3) is 1.00. The first-order valence-electron chi connectivity index (χ1n) is 3.80. The quantitative estimate of drug-likeness (QED) is 0.615. The maximum absolute atomic E-state index is 2.36. The average molecular weight is 224 g/mol. The van der Waals surface area contributed by atoms with E-state index in [2.05, 4.69) is 60.9 Å². The molecule has 0 nitrogen and oxygen atoms in total. The van der Waals surface area contributed by atoms with Gasteiger partial charge in [0.2, 0.25) is 0 Å². The first-order valence-corrected chi connectivity index (χ1v) is 7.41. The topological polar surface area (TPSA) is 0 Å². The van der Waals surface area contributed by atoms with E-state index in [4.69, 9.17) is 0 Å². The van der Waals surface area contributed by atoms with Crippen molar-refractivity contribution in [3.8, 4) is 0 Å². The molecule has 3 heterocycles. The molecule has 0 atom stereocenters. The highest BCUT2D eigenvalue weighted by molar-refractivity contribution is 8.53. The Balaban J connectivity index is 2.02. The molecule has 2 bridgehead atoms.